The predicted octanol–water partition coefficient (Wildman–Crippen LogP) is 0.607. The molecule has 0 aliphatic carbocycles. The zero-order chi connectivity index (χ0) is 9.97. The van der Waals surface area contributed by atoms with Gasteiger partial charge in [0.15, 0.2) is 0 Å². The second kappa shape index (κ2) is 3.88. The van der Waals surface area contributed by atoms with Crippen LogP contribution in [-0.4, -0.2) is 36.5 Å². The monoisotopic (exact) mass is 196 g/mol. The summed E-state index contributed by atoms with van der Waals surface area (Å²) in [7, 11) is 2.05. The first-order valence-corrected chi connectivity index (χ1v) is 4.88. The molecule has 0 spiro atoms. The molecule has 2 rings (SSSR count). The lowest BCUT2D eigenvalue weighted by Crippen LogP contribution is -2.36. The molecular weight excluding hydrogens is 180 g/mol. The highest BCUT2D eigenvalue weighted by Gasteiger charge is 2.20. The normalized spacial score (nSPS) is 18.4. The molecule has 1 saturated heterocycles. The van der Waals surface area contributed by atoms with Crippen molar-refractivity contribution in [1.29, 1.82) is 0 Å². The minimum absolute atomic E-state index is 0.517. The van der Waals surface area contributed by atoms with Gasteiger partial charge in [-0.25, -0.2) is 0 Å². The van der Waals surface area contributed by atoms with Gasteiger partial charge < -0.3 is 15.4 Å². The van der Waals surface area contributed by atoms with E-state index in [2.05, 4.69) is 22.1 Å². The van der Waals surface area contributed by atoms with Gasteiger partial charge >= 0.3 is 0 Å². The van der Waals surface area contributed by atoms with E-state index in [0.29, 0.717) is 11.9 Å². The summed E-state index contributed by atoms with van der Waals surface area (Å²) in [4.78, 5) is 2.18. The lowest BCUT2D eigenvalue weighted by Gasteiger charge is -2.32. The lowest BCUT2D eigenvalue weighted by atomic mass is 10.1. The summed E-state index contributed by atoms with van der Waals surface area (Å²) in [5.41, 5.74) is 6.74. The Bertz CT molecular complexity index is 293. The largest absolute Gasteiger partial charge is 0.382 e. The van der Waals surface area contributed by atoms with Crippen LogP contribution in [0.5, 0.6) is 0 Å². The molecule has 0 aromatic carbocycles. The molecule has 78 valence electrons. The van der Waals surface area contributed by atoms with Crippen molar-refractivity contribution in [3.05, 3.63) is 6.20 Å². The van der Waals surface area contributed by atoms with Crippen LogP contribution in [0.4, 0.5) is 11.5 Å². The van der Waals surface area contributed by atoms with Crippen LogP contribution in [0.25, 0.3) is 0 Å². The van der Waals surface area contributed by atoms with Crippen molar-refractivity contribution in [3.63, 3.8) is 0 Å². The second-order valence-corrected chi connectivity index (χ2v) is 3.62. The highest BCUT2D eigenvalue weighted by molar-refractivity contribution is 5.62. The van der Waals surface area contributed by atoms with E-state index in [0.717, 1.165) is 31.7 Å². The molecule has 1 aromatic heterocycles. The van der Waals surface area contributed by atoms with Gasteiger partial charge in [-0.05, 0) is 12.8 Å². The summed E-state index contributed by atoms with van der Waals surface area (Å²) in [5.74, 6) is 0.638. The number of aromatic amines is 1. The summed E-state index contributed by atoms with van der Waals surface area (Å²) < 4.78 is 5.32. The van der Waals surface area contributed by atoms with Gasteiger partial charge in [-0.2, -0.15) is 5.10 Å². The molecule has 1 aliphatic heterocycles. The first-order chi connectivity index (χ1) is 6.79. The molecular formula is C9H16N4O. The quantitative estimate of drug-likeness (QED) is 0.727. The van der Waals surface area contributed by atoms with Crippen LogP contribution in [-0.2, 0) is 4.74 Å². The van der Waals surface area contributed by atoms with E-state index in [1.165, 1.54) is 0 Å². The molecule has 2 heterocycles. The predicted molar refractivity (Wildman–Crippen MR) is 55.2 cm³/mol. The minimum atomic E-state index is 0.517. The molecule has 0 amide bonds. The van der Waals surface area contributed by atoms with Crippen molar-refractivity contribution >= 4 is 11.5 Å². The molecule has 14 heavy (non-hydrogen) atoms. The summed E-state index contributed by atoms with van der Waals surface area (Å²) in [6.07, 6.45) is 3.88. The molecule has 1 aromatic rings. The van der Waals surface area contributed by atoms with Crippen LogP contribution in [0, 0.1) is 0 Å². The second-order valence-electron chi connectivity index (χ2n) is 3.62. The third-order valence-electron chi connectivity index (χ3n) is 2.77. The average Bonchev–Trinajstić information content (AvgIpc) is 2.65. The molecule has 5 nitrogen and oxygen atoms in total. The van der Waals surface area contributed by atoms with Crippen LogP contribution in [0.1, 0.15) is 12.8 Å². The standard InChI is InChI=1S/C9H16N4O/c1-13(7-2-4-14-5-3-7)8-6-11-12-9(8)10/h6-7H,2-5H2,1H3,(H3,10,11,12). The third-order valence-corrected chi connectivity index (χ3v) is 2.77. The summed E-state index contributed by atoms with van der Waals surface area (Å²) in [6.45, 7) is 1.68. The van der Waals surface area contributed by atoms with Crippen LogP contribution in [0.3, 0.4) is 0 Å². The van der Waals surface area contributed by atoms with Crippen molar-refractivity contribution in [2.75, 3.05) is 30.9 Å². The number of ether oxygens (including phenoxy) is 1. The Labute approximate surface area is 83.2 Å². The number of aromatic nitrogens is 2. The maximum atomic E-state index is 5.76. The zero-order valence-corrected chi connectivity index (χ0v) is 8.36. The SMILES string of the molecule is CN(c1cn[nH]c1N)C1CCOCC1. The van der Waals surface area contributed by atoms with Crippen molar-refractivity contribution < 1.29 is 4.74 Å². The van der Waals surface area contributed by atoms with Gasteiger partial charge in [0.25, 0.3) is 0 Å². The molecule has 5 heteroatoms. The molecule has 1 fully saturated rings. The van der Waals surface area contributed by atoms with Crippen LogP contribution >= 0.6 is 0 Å². The molecule has 0 bridgehead atoms. The number of nitrogens with one attached hydrogen (secondary N) is 1. The molecule has 0 radical (unpaired) electrons. The fourth-order valence-corrected chi connectivity index (χ4v) is 1.84. The molecule has 0 saturated carbocycles. The molecule has 0 atom stereocenters. The van der Waals surface area contributed by atoms with E-state index in [4.69, 9.17) is 10.5 Å². The van der Waals surface area contributed by atoms with Gasteiger partial charge in [0.2, 0.25) is 0 Å². The highest BCUT2D eigenvalue weighted by atomic mass is 16.5. The van der Waals surface area contributed by atoms with Gasteiger partial charge in [-0.3, -0.25) is 5.10 Å². The number of hydrogen-bond donors (Lipinski definition) is 2. The van der Waals surface area contributed by atoms with Gasteiger partial charge in [0, 0.05) is 26.3 Å². The Morgan fingerprint density at radius 1 is 1.57 bits per heavy atom. The first kappa shape index (κ1) is 9.33. The van der Waals surface area contributed by atoms with Crippen LogP contribution in [0.15, 0.2) is 6.20 Å². The van der Waals surface area contributed by atoms with Gasteiger partial charge in [0.05, 0.1) is 11.9 Å². The smallest absolute Gasteiger partial charge is 0.142 e. The van der Waals surface area contributed by atoms with E-state index in [9.17, 15) is 0 Å². The highest BCUT2D eigenvalue weighted by Crippen LogP contribution is 2.24. The fourth-order valence-electron chi connectivity index (χ4n) is 1.84. The number of anilines is 2. The van der Waals surface area contributed by atoms with Crippen molar-refractivity contribution in [1.82, 2.24) is 10.2 Å². The molecule has 3 N–H and O–H groups in total. The number of rotatable bonds is 2. The number of nitrogens with zero attached hydrogens (tertiary/aromatic N) is 2. The van der Waals surface area contributed by atoms with Crippen LogP contribution in [0.2, 0.25) is 0 Å². The average molecular weight is 196 g/mol. The number of nitrogen functional groups attached to an aromatic ring is 1. The van der Waals surface area contributed by atoms with Gasteiger partial charge in [0.1, 0.15) is 5.82 Å². The summed E-state index contributed by atoms with van der Waals surface area (Å²) in [6, 6.07) is 0.517. The molecule has 1 aliphatic rings. The van der Waals surface area contributed by atoms with Gasteiger partial charge in [-0.1, -0.05) is 0 Å². The van der Waals surface area contributed by atoms with E-state index < -0.39 is 0 Å². The van der Waals surface area contributed by atoms with E-state index in [1.807, 2.05) is 0 Å². The van der Waals surface area contributed by atoms with E-state index in [1.54, 1.807) is 6.20 Å². The Morgan fingerprint density at radius 2 is 2.29 bits per heavy atom. The Morgan fingerprint density at radius 3 is 2.86 bits per heavy atom. The van der Waals surface area contributed by atoms with E-state index in [-0.39, 0.29) is 0 Å². The maximum Gasteiger partial charge on any atom is 0.142 e. The first-order valence-electron chi connectivity index (χ1n) is 4.88. The number of hydrogen-bond acceptors (Lipinski definition) is 4. The van der Waals surface area contributed by atoms with Crippen molar-refractivity contribution in [2.45, 2.75) is 18.9 Å². The fraction of sp³-hybridized carbons (Fsp3) is 0.667. The topological polar surface area (TPSA) is 67.2 Å². The van der Waals surface area contributed by atoms with Crippen molar-refractivity contribution in [2.24, 2.45) is 0 Å². The number of nitrogens with two attached hydrogens (primary N) is 1. The molecule has 0 unspecified atom stereocenters. The van der Waals surface area contributed by atoms with Gasteiger partial charge in [-0.15, -0.1) is 0 Å². The zero-order valence-electron chi connectivity index (χ0n) is 8.36. The number of H-pyrrole nitrogens is 1. The Balaban J connectivity index is 2.07. The minimum Gasteiger partial charge on any atom is -0.382 e. The van der Waals surface area contributed by atoms with Crippen molar-refractivity contribution in [3.8, 4) is 0 Å². The van der Waals surface area contributed by atoms with E-state index >= 15 is 0 Å². The lowest BCUT2D eigenvalue weighted by molar-refractivity contribution is 0.0855. The summed E-state index contributed by atoms with van der Waals surface area (Å²) >= 11 is 0. The Kier molecular flexibility index (Phi) is 2.58. The Hall–Kier alpha value is -1.23. The third kappa shape index (κ3) is 1.68. The summed E-state index contributed by atoms with van der Waals surface area (Å²) in [5, 5.41) is 6.66. The maximum absolute atomic E-state index is 5.76. The van der Waals surface area contributed by atoms with Crippen LogP contribution < -0.4 is 10.6 Å².